The van der Waals surface area contributed by atoms with E-state index in [9.17, 15) is 32.7 Å². The molecule has 3 aromatic rings. The van der Waals surface area contributed by atoms with Crippen LogP contribution >= 0.6 is 0 Å². The van der Waals surface area contributed by atoms with Gasteiger partial charge < -0.3 is 29.1 Å². The number of benzene rings is 2. The Balaban J connectivity index is 1.98. The molecule has 8 nitrogen and oxygen atoms in total. The van der Waals surface area contributed by atoms with E-state index in [0.717, 1.165) is 11.6 Å². The number of carboxylic acid groups (broad SMARTS) is 1. The van der Waals surface area contributed by atoms with E-state index >= 15 is 0 Å². The zero-order valence-electron chi connectivity index (χ0n) is 17.4. The van der Waals surface area contributed by atoms with Crippen LogP contribution in [0, 0.1) is 13.8 Å². The third-order valence-electron chi connectivity index (χ3n) is 4.44. The molecular formula is C22H17F3NO7-. The van der Waals surface area contributed by atoms with E-state index < -0.39 is 53.7 Å². The summed E-state index contributed by atoms with van der Waals surface area (Å²) in [5, 5.41) is 12.1. The number of hydrogen-bond acceptors (Lipinski definition) is 7. The maximum Gasteiger partial charge on any atom is 0.453 e. The highest BCUT2D eigenvalue weighted by Gasteiger charge is 2.40. The van der Waals surface area contributed by atoms with Gasteiger partial charge in [-0.05, 0) is 43.2 Å². The number of fused-ring (bicyclic) bond motifs is 1. The van der Waals surface area contributed by atoms with Crippen molar-refractivity contribution in [2.24, 2.45) is 0 Å². The summed E-state index contributed by atoms with van der Waals surface area (Å²) in [5.41, 5.74) is -0.232. The number of aryl methyl sites for hydroxylation is 2. The molecule has 174 valence electrons. The second-order valence-corrected chi connectivity index (χ2v) is 7.05. The fourth-order valence-corrected chi connectivity index (χ4v) is 2.82. The van der Waals surface area contributed by atoms with E-state index in [-0.39, 0.29) is 16.9 Å². The second-order valence-electron chi connectivity index (χ2n) is 7.05. The number of aliphatic carboxylic acids is 1. The van der Waals surface area contributed by atoms with Gasteiger partial charge in [-0.3, -0.25) is 9.59 Å². The summed E-state index contributed by atoms with van der Waals surface area (Å²) in [6, 6.07) is 8.33. The van der Waals surface area contributed by atoms with Crippen molar-refractivity contribution in [3.8, 4) is 17.2 Å². The van der Waals surface area contributed by atoms with Crippen LogP contribution in [0.2, 0.25) is 0 Å². The highest BCUT2D eigenvalue weighted by molar-refractivity contribution is 5.82. The molecule has 2 aromatic carbocycles. The maximum atomic E-state index is 13.7. The van der Waals surface area contributed by atoms with Gasteiger partial charge in [0, 0.05) is 6.07 Å². The number of carbonyl (C=O) groups excluding carboxylic acids is 2. The van der Waals surface area contributed by atoms with Crippen LogP contribution in [-0.2, 0) is 15.8 Å². The summed E-state index contributed by atoms with van der Waals surface area (Å²) in [5.74, 6) is -4.92. The molecule has 0 saturated heterocycles. The average Bonchev–Trinajstić information content (AvgIpc) is 2.74. The zero-order valence-corrected chi connectivity index (χ0v) is 17.4. The summed E-state index contributed by atoms with van der Waals surface area (Å²) in [4.78, 5) is 34.7. The molecule has 1 N–H and O–H groups in total. The third kappa shape index (κ3) is 5.62. The number of amides is 1. The summed E-state index contributed by atoms with van der Waals surface area (Å²) in [7, 11) is 0. The number of halogens is 3. The van der Waals surface area contributed by atoms with Crippen LogP contribution in [0.4, 0.5) is 13.2 Å². The molecule has 1 heterocycles. The second kappa shape index (κ2) is 9.23. The van der Waals surface area contributed by atoms with Crippen LogP contribution in [0.1, 0.15) is 16.9 Å². The summed E-state index contributed by atoms with van der Waals surface area (Å²) in [6.45, 7) is 1.99. The predicted molar refractivity (Wildman–Crippen MR) is 107 cm³/mol. The zero-order chi connectivity index (χ0) is 24.3. The number of alkyl halides is 3. The Morgan fingerprint density at radius 3 is 2.52 bits per heavy atom. The summed E-state index contributed by atoms with van der Waals surface area (Å²) in [6.07, 6.45) is -5.04. The normalized spacial score (nSPS) is 11.3. The Hall–Kier alpha value is -4.02. The first-order valence-corrected chi connectivity index (χ1v) is 9.48. The number of rotatable bonds is 7. The van der Waals surface area contributed by atoms with Crippen molar-refractivity contribution in [1.82, 2.24) is 5.32 Å². The van der Waals surface area contributed by atoms with Crippen LogP contribution in [0.25, 0.3) is 11.0 Å². The molecule has 1 amide bonds. The lowest BCUT2D eigenvalue weighted by Gasteiger charge is -2.15. The number of carboxylic acids is 1. The highest BCUT2D eigenvalue weighted by Crippen LogP contribution is 2.39. The van der Waals surface area contributed by atoms with Gasteiger partial charge in [-0.25, -0.2) is 0 Å². The van der Waals surface area contributed by atoms with Gasteiger partial charge in [-0.2, -0.15) is 13.2 Å². The molecule has 0 saturated carbocycles. The van der Waals surface area contributed by atoms with Gasteiger partial charge in [-0.15, -0.1) is 0 Å². The van der Waals surface area contributed by atoms with Crippen LogP contribution in [0.3, 0.4) is 0 Å². The Morgan fingerprint density at radius 1 is 1.12 bits per heavy atom. The van der Waals surface area contributed by atoms with Crippen LogP contribution in [-0.4, -0.2) is 25.0 Å². The van der Waals surface area contributed by atoms with Crippen molar-refractivity contribution >= 4 is 22.8 Å². The van der Waals surface area contributed by atoms with Crippen molar-refractivity contribution in [3.05, 3.63) is 63.5 Å². The topological polar surface area (TPSA) is 118 Å². The molecule has 0 aliphatic heterocycles. The molecular weight excluding hydrogens is 447 g/mol. The molecule has 0 aliphatic carbocycles. The number of carbonyl (C=O) groups is 2. The molecule has 33 heavy (non-hydrogen) atoms. The monoisotopic (exact) mass is 464 g/mol. The van der Waals surface area contributed by atoms with Crippen LogP contribution in [0.5, 0.6) is 17.2 Å². The molecule has 0 radical (unpaired) electrons. The van der Waals surface area contributed by atoms with Crippen molar-refractivity contribution in [1.29, 1.82) is 0 Å². The highest BCUT2D eigenvalue weighted by atomic mass is 19.4. The van der Waals surface area contributed by atoms with Gasteiger partial charge in [0.05, 0.1) is 17.9 Å². The van der Waals surface area contributed by atoms with E-state index in [0.29, 0.717) is 5.56 Å². The Labute approximate surface area is 184 Å². The average molecular weight is 464 g/mol. The van der Waals surface area contributed by atoms with Crippen molar-refractivity contribution in [2.45, 2.75) is 20.0 Å². The van der Waals surface area contributed by atoms with E-state index in [1.165, 1.54) is 18.2 Å². The Kier molecular flexibility index (Phi) is 6.61. The molecule has 0 aliphatic rings. The van der Waals surface area contributed by atoms with Gasteiger partial charge in [0.2, 0.25) is 11.2 Å². The quantitative estimate of drug-likeness (QED) is 0.571. The first-order chi connectivity index (χ1) is 15.5. The minimum atomic E-state index is -5.04. The lowest BCUT2D eigenvalue weighted by Crippen LogP contribution is -2.39. The van der Waals surface area contributed by atoms with E-state index in [1.807, 2.05) is 5.32 Å². The van der Waals surface area contributed by atoms with Crippen molar-refractivity contribution < 1.29 is 41.8 Å². The lowest BCUT2D eigenvalue weighted by molar-refractivity contribution is -0.304. The number of hydrogen-bond donors (Lipinski definition) is 1. The third-order valence-corrected chi connectivity index (χ3v) is 4.44. The van der Waals surface area contributed by atoms with Crippen molar-refractivity contribution in [2.75, 3.05) is 13.2 Å². The summed E-state index contributed by atoms with van der Waals surface area (Å²) < 4.78 is 56.6. The largest absolute Gasteiger partial charge is 0.548 e. The fraction of sp³-hybridized carbons (Fsp3) is 0.227. The van der Waals surface area contributed by atoms with Gasteiger partial charge in [0.15, 0.2) is 6.61 Å². The predicted octanol–water partition coefficient (Wildman–Crippen LogP) is 2.47. The molecule has 0 unspecified atom stereocenters. The maximum absolute atomic E-state index is 13.7. The molecule has 3 rings (SSSR count). The Bertz CT molecular complexity index is 1280. The van der Waals surface area contributed by atoms with E-state index in [4.69, 9.17) is 13.9 Å². The lowest BCUT2D eigenvalue weighted by atomic mass is 10.1. The first-order valence-electron chi connectivity index (χ1n) is 9.48. The molecule has 11 heteroatoms. The minimum absolute atomic E-state index is 0.0782. The summed E-state index contributed by atoms with van der Waals surface area (Å²) >= 11 is 0. The first kappa shape index (κ1) is 23.6. The molecule has 0 spiro atoms. The van der Waals surface area contributed by atoms with Crippen molar-refractivity contribution in [3.63, 3.8) is 0 Å². The minimum Gasteiger partial charge on any atom is -0.548 e. The Morgan fingerprint density at radius 2 is 1.85 bits per heavy atom. The van der Waals surface area contributed by atoms with Crippen LogP contribution < -0.4 is 25.3 Å². The van der Waals surface area contributed by atoms with Gasteiger partial charge in [-0.1, -0.05) is 12.1 Å². The molecule has 0 atom stereocenters. The fourth-order valence-electron chi connectivity index (χ4n) is 2.82. The SMILES string of the molecule is Cc1ccc(C)c(Oc2c(C(F)(F)F)oc3cc(OCC(=O)NCC(=O)[O-])ccc3c2=O)c1. The molecule has 0 fully saturated rings. The van der Waals surface area contributed by atoms with Gasteiger partial charge >= 0.3 is 6.18 Å². The molecule has 1 aromatic heterocycles. The number of nitrogens with one attached hydrogen (secondary N) is 1. The van der Waals surface area contributed by atoms with Gasteiger partial charge in [0.1, 0.15) is 17.1 Å². The van der Waals surface area contributed by atoms with E-state index in [1.54, 1.807) is 26.0 Å². The smallest absolute Gasteiger partial charge is 0.453 e. The standard InChI is InChI=1S/C22H18F3NO7/c1-11-3-4-12(2)15(7-11)32-20-19(30)14-6-5-13(31-10-17(27)26-9-18(28)29)8-16(14)33-21(20)22(23,24)25/h3-8H,9-10H2,1-2H3,(H,26,27)(H,28,29)/p-1. The molecule has 0 bridgehead atoms. The van der Waals surface area contributed by atoms with Crippen LogP contribution in [0.15, 0.2) is 45.6 Å². The number of ether oxygens (including phenoxy) is 2. The van der Waals surface area contributed by atoms with Gasteiger partial charge in [0.25, 0.3) is 11.7 Å². The van der Waals surface area contributed by atoms with E-state index in [2.05, 4.69) is 0 Å².